The van der Waals surface area contributed by atoms with Crippen molar-refractivity contribution in [1.82, 2.24) is 9.97 Å². The van der Waals surface area contributed by atoms with Crippen molar-refractivity contribution < 1.29 is 4.39 Å². The normalized spacial score (nSPS) is 11.2. The smallest absolute Gasteiger partial charge is 0.128 e. The molecule has 108 valence electrons. The molecule has 21 heavy (non-hydrogen) atoms. The maximum atomic E-state index is 12.5. The van der Waals surface area contributed by atoms with Crippen molar-refractivity contribution in [3.8, 4) is 11.1 Å². The third kappa shape index (κ3) is 2.98. The number of hydrogen-bond acceptors (Lipinski definition) is 4. The molecule has 0 unspecified atom stereocenters. The number of rotatable bonds is 4. The van der Waals surface area contributed by atoms with Gasteiger partial charge in [0.25, 0.3) is 0 Å². The van der Waals surface area contributed by atoms with E-state index in [1.165, 1.54) is 16.6 Å². The molecule has 0 aliphatic heterocycles. The zero-order valence-corrected chi connectivity index (χ0v) is 14.5. The van der Waals surface area contributed by atoms with Gasteiger partial charge in [-0.3, -0.25) is 4.39 Å². The fourth-order valence-electron chi connectivity index (χ4n) is 2.23. The Kier molecular flexibility index (Phi) is 4.57. The van der Waals surface area contributed by atoms with Crippen LogP contribution >= 0.6 is 39.0 Å². The first-order valence-electron chi connectivity index (χ1n) is 6.39. The summed E-state index contributed by atoms with van der Waals surface area (Å²) in [4.78, 5) is 10.9. The topological polar surface area (TPSA) is 25.8 Å². The summed E-state index contributed by atoms with van der Waals surface area (Å²) in [5.74, 6) is 0.417. The monoisotopic (exact) mass is 382 g/mol. The molecule has 0 aliphatic rings. The Bertz CT molecular complexity index is 771. The molecular formula is C15H12BrFN2S2. The van der Waals surface area contributed by atoms with E-state index < -0.39 is 0 Å². The van der Waals surface area contributed by atoms with Gasteiger partial charge in [-0.25, -0.2) is 9.97 Å². The summed E-state index contributed by atoms with van der Waals surface area (Å²) in [5, 5.41) is 1.90. The van der Waals surface area contributed by atoms with E-state index in [4.69, 9.17) is 0 Å². The number of aromatic nitrogens is 2. The molecule has 0 N–H and O–H groups in total. The van der Waals surface area contributed by atoms with Crippen LogP contribution in [0, 0.1) is 6.92 Å². The number of alkyl halides is 1. The summed E-state index contributed by atoms with van der Waals surface area (Å²) >= 11 is 6.56. The van der Waals surface area contributed by atoms with Gasteiger partial charge in [0.05, 0.1) is 12.1 Å². The number of fused-ring (bicyclic) bond motifs is 1. The van der Waals surface area contributed by atoms with Crippen LogP contribution in [-0.2, 0) is 0 Å². The van der Waals surface area contributed by atoms with Crippen LogP contribution in [-0.4, -0.2) is 22.4 Å². The van der Waals surface area contributed by atoms with Crippen molar-refractivity contribution in [3.63, 3.8) is 0 Å². The average Bonchev–Trinajstić information content (AvgIpc) is 2.82. The van der Waals surface area contributed by atoms with Crippen molar-refractivity contribution in [2.24, 2.45) is 0 Å². The Labute approximate surface area is 139 Å². The molecular weight excluding hydrogens is 371 g/mol. The molecule has 0 atom stereocenters. The highest BCUT2D eigenvalue weighted by atomic mass is 79.9. The molecule has 0 spiro atoms. The van der Waals surface area contributed by atoms with E-state index in [1.54, 1.807) is 17.7 Å². The lowest BCUT2D eigenvalue weighted by molar-refractivity contribution is 0.532. The summed E-state index contributed by atoms with van der Waals surface area (Å²) in [6, 6.07) is 8.21. The maximum Gasteiger partial charge on any atom is 0.128 e. The van der Waals surface area contributed by atoms with E-state index >= 15 is 0 Å². The Balaban J connectivity index is 2.21. The maximum absolute atomic E-state index is 12.5. The predicted molar refractivity (Wildman–Crippen MR) is 92.0 cm³/mol. The molecule has 1 aromatic carbocycles. The molecule has 2 nitrogen and oxygen atoms in total. The lowest BCUT2D eigenvalue weighted by Crippen LogP contribution is -1.88. The third-order valence-corrected chi connectivity index (χ3v) is 5.56. The van der Waals surface area contributed by atoms with Crippen molar-refractivity contribution >= 4 is 49.2 Å². The molecule has 0 aliphatic carbocycles. The zero-order valence-electron chi connectivity index (χ0n) is 11.3. The number of aryl methyl sites for hydroxylation is 1. The molecule has 0 radical (unpaired) electrons. The fourth-order valence-corrected chi connectivity index (χ4v) is 4.30. The number of halogens is 2. The number of thioether (sulfide) groups is 1. The molecule has 3 aromatic rings. The van der Waals surface area contributed by atoms with Crippen LogP contribution in [0.15, 0.2) is 40.1 Å². The van der Waals surface area contributed by atoms with Gasteiger partial charge in [0, 0.05) is 20.7 Å². The Morgan fingerprint density at radius 3 is 2.71 bits per heavy atom. The van der Waals surface area contributed by atoms with Gasteiger partial charge in [-0.05, 0) is 24.6 Å². The van der Waals surface area contributed by atoms with Crippen LogP contribution in [0.4, 0.5) is 4.39 Å². The molecule has 3 rings (SSSR count). The molecule has 0 fully saturated rings. The molecule has 0 bridgehead atoms. The van der Waals surface area contributed by atoms with Crippen molar-refractivity contribution in [1.29, 1.82) is 0 Å². The minimum absolute atomic E-state index is 0.354. The highest BCUT2D eigenvalue weighted by Crippen LogP contribution is 2.41. The second-order valence-corrected chi connectivity index (χ2v) is 7.64. The molecule has 6 heteroatoms. The molecule has 0 amide bonds. The highest BCUT2D eigenvalue weighted by molar-refractivity contribution is 9.10. The number of thiophene rings is 1. The second kappa shape index (κ2) is 6.42. The molecule has 2 heterocycles. The first-order valence-corrected chi connectivity index (χ1v) is 8.99. The summed E-state index contributed by atoms with van der Waals surface area (Å²) in [7, 11) is 0. The van der Waals surface area contributed by atoms with Gasteiger partial charge in [-0.2, -0.15) is 0 Å². The van der Waals surface area contributed by atoms with Crippen LogP contribution in [0.2, 0.25) is 0 Å². The van der Waals surface area contributed by atoms with Gasteiger partial charge in [-0.1, -0.05) is 28.1 Å². The standard InChI is InChI=1S/C15H12BrFN2S2/c1-9-12(10-2-4-11(16)5-3-10)13-14(20-7-6-17)18-8-19-15(13)21-9/h2-5,8H,6-7H2,1H3. The van der Waals surface area contributed by atoms with E-state index in [1.807, 2.05) is 12.1 Å². The van der Waals surface area contributed by atoms with Crippen molar-refractivity contribution in [2.45, 2.75) is 11.9 Å². The summed E-state index contributed by atoms with van der Waals surface area (Å²) in [6.45, 7) is 1.74. The van der Waals surface area contributed by atoms with E-state index in [-0.39, 0.29) is 6.67 Å². The quantitative estimate of drug-likeness (QED) is 0.440. The lowest BCUT2D eigenvalue weighted by Gasteiger charge is -2.05. The number of hydrogen-bond donors (Lipinski definition) is 0. The van der Waals surface area contributed by atoms with Crippen LogP contribution in [0.3, 0.4) is 0 Å². The zero-order chi connectivity index (χ0) is 14.8. The van der Waals surface area contributed by atoms with Gasteiger partial charge in [0.2, 0.25) is 0 Å². The fraction of sp³-hybridized carbons (Fsp3) is 0.200. The van der Waals surface area contributed by atoms with Crippen LogP contribution < -0.4 is 0 Å². The van der Waals surface area contributed by atoms with Crippen molar-refractivity contribution in [2.75, 3.05) is 12.4 Å². The summed E-state index contributed by atoms with van der Waals surface area (Å²) < 4.78 is 13.5. The van der Waals surface area contributed by atoms with Crippen LogP contribution in [0.1, 0.15) is 4.88 Å². The van der Waals surface area contributed by atoms with Crippen molar-refractivity contribution in [3.05, 3.63) is 39.9 Å². The molecule has 0 saturated carbocycles. The van der Waals surface area contributed by atoms with Gasteiger partial charge >= 0.3 is 0 Å². The Morgan fingerprint density at radius 2 is 2.00 bits per heavy atom. The predicted octanol–water partition coefficient (Wildman–Crippen LogP) is 5.49. The summed E-state index contributed by atoms with van der Waals surface area (Å²) in [5.41, 5.74) is 2.29. The van der Waals surface area contributed by atoms with Crippen LogP contribution in [0.25, 0.3) is 21.3 Å². The SMILES string of the molecule is Cc1sc2ncnc(SCCF)c2c1-c1ccc(Br)cc1. The van der Waals surface area contributed by atoms with E-state index in [0.717, 1.165) is 30.8 Å². The second-order valence-electron chi connectivity index (χ2n) is 4.44. The Hall–Kier alpha value is -0.980. The van der Waals surface area contributed by atoms with E-state index in [2.05, 4.69) is 45.0 Å². The average molecular weight is 383 g/mol. The van der Waals surface area contributed by atoms with Gasteiger partial charge in [-0.15, -0.1) is 23.1 Å². The number of nitrogens with zero attached hydrogens (tertiary/aromatic N) is 2. The lowest BCUT2D eigenvalue weighted by atomic mass is 10.0. The van der Waals surface area contributed by atoms with Gasteiger partial charge < -0.3 is 0 Å². The first-order chi connectivity index (χ1) is 10.2. The minimum Gasteiger partial charge on any atom is -0.250 e. The van der Waals surface area contributed by atoms with Gasteiger partial charge in [0.1, 0.15) is 16.2 Å². The van der Waals surface area contributed by atoms with Crippen LogP contribution in [0.5, 0.6) is 0 Å². The third-order valence-electron chi connectivity index (χ3n) is 3.08. The van der Waals surface area contributed by atoms with Gasteiger partial charge in [0.15, 0.2) is 0 Å². The molecule has 0 saturated heterocycles. The summed E-state index contributed by atoms with van der Waals surface area (Å²) in [6.07, 6.45) is 1.56. The first kappa shape index (κ1) is 14.9. The van der Waals surface area contributed by atoms with E-state index in [9.17, 15) is 4.39 Å². The number of benzene rings is 1. The largest absolute Gasteiger partial charge is 0.250 e. The van der Waals surface area contributed by atoms with E-state index in [0.29, 0.717) is 5.75 Å². The molecule has 2 aromatic heterocycles. The minimum atomic E-state index is -0.354. The Morgan fingerprint density at radius 1 is 1.24 bits per heavy atom. The highest BCUT2D eigenvalue weighted by Gasteiger charge is 2.16.